The molecule has 0 spiro atoms. The van der Waals surface area contributed by atoms with Gasteiger partial charge in [0.25, 0.3) is 0 Å². The molecule has 1 aromatic rings. The number of unbranched alkanes of at least 4 members (excludes halogenated alkanes) is 7. The van der Waals surface area contributed by atoms with Gasteiger partial charge in [0.1, 0.15) is 17.3 Å². The van der Waals surface area contributed by atoms with Crippen molar-refractivity contribution in [1.29, 1.82) is 0 Å². The number of hydrogen-bond acceptors (Lipinski definition) is 6. The lowest BCUT2D eigenvalue weighted by Crippen LogP contribution is -2.44. The summed E-state index contributed by atoms with van der Waals surface area (Å²) >= 11 is 3.38. The number of anilines is 1. The molecule has 0 bridgehead atoms. The van der Waals surface area contributed by atoms with Gasteiger partial charge in [-0.25, -0.2) is 19.3 Å². The predicted octanol–water partition coefficient (Wildman–Crippen LogP) is 10.6. The summed E-state index contributed by atoms with van der Waals surface area (Å²) in [6, 6.07) is 7.51. The van der Waals surface area contributed by atoms with E-state index in [0.717, 1.165) is 60.0 Å². The number of amides is 3. The first-order valence-electron chi connectivity index (χ1n) is 15.7. The first-order valence-corrected chi connectivity index (χ1v) is 16.5. The zero-order valence-electron chi connectivity index (χ0n) is 27.1. The van der Waals surface area contributed by atoms with Crippen LogP contribution in [0.4, 0.5) is 20.1 Å². The molecule has 0 aromatic heterocycles. The molecule has 1 aromatic carbocycles. The maximum Gasteiger partial charge on any atom is 0.419 e. The number of hydrogen-bond donors (Lipinski definition) is 1. The number of carbonyl (C=O) groups is 3. The second-order valence-corrected chi connectivity index (χ2v) is 13.7. The molecule has 2 rings (SSSR count). The van der Waals surface area contributed by atoms with Gasteiger partial charge in [-0.05, 0) is 102 Å². The van der Waals surface area contributed by atoms with Crippen LogP contribution in [0.2, 0.25) is 0 Å². The van der Waals surface area contributed by atoms with Crippen molar-refractivity contribution in [3.8, 4) is 0 Å². The summed E-state index contributed by atoms with van der Waals surface area (Å²) in [6.45, 7) is 13.3. The summed E-state index contributed by atoms with van der Waals surface area (Å²) in [5, 5.41) is 2.75. The number of rotatable bonds is 11. The van der Waals surface area contributed by atoms with Crippen LogP contribution in [0.1, 0.15) is 132 Å². The number of ether oxygens (including phenoxy) is 3. The lowest BCUT2D eigenvalue weighted by molar-refractivity contribution is 0.00116. The highest BCUT2D eigenvalue weighted by atomic mass is 79.9. The van der Waals surface area contributed by atoms with Gasteiger partial charge in [-0.1, -0.05) is 70.4 Å². The van der Waals surface area contributed by atoms with Crippen molar-refractivity contribution in [2.75, 3.05) is 11.9 Å². The second kappa shape index (κ2) is 19.8. The average Bonchev–Trinajstić information content (AvgIpc) is 2.88. The highest BCUT2D eigenvalue weighted by Gasteiger charge is 2.30. The van der Waals surface area contributed by atoms with Crippen LogP contribution in [0.15, 0.2) is 28.7 Å². The normalized spacial score (nSPS) is 13.8. The minimum absolute atomic E-state index is 0.0891. The number of nitrogens with one attached hydrogen (secondary N) is 1. The van der Waals surface area contributed by atoms with Crippen molar-refractivity contribution in [3.63, 3.8) is 0 Å². The fourth-order valence-corrected chi connectivity index (χ4v) is 4.72. The Labute approximate surface area is 262 Å². The van der Waals surface area contributed by atoms with E-state index < -0.39 is 23.4 Å². The number of imide groups is 1. The number of halogens is 1. The van der Waals surface area contributed by atoms with Gasteiger partial charge in [0.2, 0.25) is 0 Å². The number of para-hydroxylation sites is 1. The van der Waals surface area contributed by atoms with Crippen LogP contribution in [0.5, 0.6) is 0 Å². The summed E-state index contributed by atoms with van der Waals surface area (Å²) in [7, 11) is 0. The number of nitrogens with zero attached hydrogens (tertiary/aromatic N) is 1. The van der Waals surface area contributed by atoms with E-state index in [4.69, 9.17) is 14.2 Å². The first-order chi connectivity index (χ1) is 19.7. The molecule has 240 valence electrons. The van der Waals surface area contributed by atoms with Gasteiger partial charge in [0, 0.05) is 11.0 Å². The molecule has 1 aliphatic rings. The Hall–Kier alpha value is -2.29. The second-order valence-electron chi connectivity index (χ2n) is 12.9. The Kier molecular flexibility index (Phi) is 17.8. The molecule has 1 saturated carbocycles. The van der Waals surface area contributed by atoms with Crippen LogP contribution in [0, 0.1) is 0 Å². The van der Waals surface area contributed by atoms with E-state index in [-0.39, 0.29) is 12.2 Å². The molecule has 8 nitrogen and oxygen atoms in total. The zero-order chi connectivity index (χ0) is 31.6. The lowest BCUT2D eigenvalue weighted by atomic mass is 9.98. The summed E-state index contributed by atoms with van der Waals surface area (Å²) in [6.07, 6.45) is 13.2. The molecule has 1 fully saturated rings. The third kappa shape index (κ3) is 18.3. The largest absolute Gasteiger partial charge is 0.446 e. The minimum Gasteiger partial charge on any atom is -0.446 e. The van der Waals surface area contributed by atoms with Gasteiger partial charge in [0.15, 0.2) is 0 Å². The van der Waals surface area contributed by atoms with E-state index >= 15 is 0 Å². The van der Waals surface area contributed by atoms with Crippen LogP contribution in [0.25, 0.3) is 0 Å². The summed E-state index contributed by atoms with van der Waals surface area (Å²) < 4.78 is 16.9. The summed E-state index contributed by atoms with van der Waals surface area (Å²) in [5.74, 6) is 0. The third-order valence-corrected chi connectivity index (χ3v) is 7.09. The monoisotopic (exact) mass is 654 g/mol. The van der Waals surface area contributed by atoms with Gasteiger partial charge < -0.3 is 14.2 Å². The molecule has 0 aliphatic heterocycles. The first kappa shape index (κ1) is 37.7. The molecule has 0 unspecified atom stereocenters. The van der Waals surface area contributed by atoms with Gasteiger partial charge in [0.05, 0.1) is 5.69 Å². The van der Waals surface area contributed by atoms with Gasteiger partial charge in [-0.2, -0.15) is 0 Å². The topological polar surface area (TPSA) is 94.2 Å². The van der Waals surface area contributed by atoms with Crippen LogP contribution in [0.3, 0.4) is 0 Å². The van der Waals surface area contributed by atoms with Gasteiger partial charge >= 0.3 is 18.3 Å². The fourth-order valence-electron chi connectivity index (χ4n) is 4.33. The van der Waals surface area contributed by atoms with E-state index in [1.165, 1.54) is 38.5 Å². The van der Waals surface area contributed by atoms with Crippen molar-refractivity contribution < 1.29 is 28.6 Å². The van der Waals surface area contributed by atoms with Crippen molar-refractivity contribution in [2.45, 2.75) is 149 Å². The molecular formula is C33H55BrN2O6. The summed E-state index contributed by atoms with van der Waals surface area (Å²) in [4.78, 5) is 37.4. The highest BCUT2D eigenvalue weighted by Crippen LogP contribution is 2.24. The van der Waals surface area contributed by atoms with Crippen molar-refractivity contribution in [1.82, 2.24) is 4.90 Å². The molecule has 0 heterocycles. The molecule has 42 heavy (non-hydrogen) atoms. The van der Waals surface area contributed by atoms with E-state index in [9.17, 15) is 14.4 Å². The predicted molar refractivity (Wildman–Crippen MR) is 173 cm³/mol. The van der Waals surface area contributed by atoms with Crippen LogP contribution in [-0.4, -0.2) is 47.0 Å². The smallest absolute Gasteiger partial charge is 0.419 e. The average molecular weight is 656 g/mol. The third-order valence-electron chi connectivity index (χ3n) is 6.40. The Morgan fingerprint density at radius 1 is 0.810 bits per heavy atom. The van der Waals surface area contributed by atoms with Crippen molar-refractivity contribution in [3.05, 3.63) is 28.7 Å². The Bertz CT molecular complexity index is 907. The fraction of sp³-hybridized carbons (Fsp3) is 0.727. The Morgan fingerprint density at radius 3 is 1.81 bits per heavy atom. The lowest BCUT2D eigenvalue weighted by Gasteiger charge is -2.28. The molecule has 0 radical (unpaired) electrons. The molecule has 1 N–H and O–H groups in total. The van der Waals surface area contributed by atoms with Crippen molar-refractivity contribution >= 4 is 39.9 Å². The maximum atomic E-state index is 12.3. The SMILES string of the molecule is CCCCCCCCCCN(C(=O)OC(C)(C)C)C(=O)OC(C)(C)C.O=C(Nc1ccccc1Br)OC1CCCCC1. The van der Waals surface area contributed by atoms with Crippen molar-refractivity contribution in [2.24, 2.45) is 0 Å². The van der Waals surface area contributed by atoms with Crippen LogP contribution < -0.4 is 5.32 Å². The van der Waals surface area contributed by atoms with Gasteiger partial charge in [-0.15, -0.1) is 0 Å². The molecule has 9 heteroatoms. The van der Waals surface area contributed by atoms with Crippen LogP contribution >= 0.6 is 15.9 Å². The van der Waals surface area contributed by atoms with E-state index in [1.54, 1.807) is 41.5 Å². The molecular weight excluding hydrogens is 600 g/mol. The minimum atomic E-state index is -0.642. The molecule has 1 aliphatic carbocycles. The number of benzene rings is 1. The highest BCUT2D eigenvalue weighted by molar-refractivity contribution is 9.10. The van der Waals surface area contributed by atoms with Crippen LogP contribution in [-0.2, 0) is 14.2 Å². The van der Waals surface area contributed by atoms with Gasteiger partial charge in [-0.3, -0.25) is 5.32 Å². The Balaban J connectivity index is 0.000000448. The van der Waals surface area contributed by atoms with E-state index in [0.29, 0.717) is 6.54 Å². The molecule has 0 saturated heterocycles. The standard InChI is InChI=1S/C20H39NO4.C13H16BrNO2/c1-8-9-10-11-12-13-14-15-16-21(17(22)24-19(2,3)4)18(23)25-20(5,6)7;14-11-8-4-5-9-12(11)15-13(16)17-10-6-2-1-3-7-10/h8-16H2,1-7H3;4-5,8-10H,1-3,6-7H2,(H,15,16). The summed E-state index contributed by atoms with van der Waals surface area (Å²) in [5.41, 5.74) is -0.541. The quantitative estimate of drug-likeness (QED) is 0.188. The Morgan fingerprint density at radius 2 is 1.31 bits per heavy atom. The zero-order valence-corrected chi connectivity index (χ0v) is 28.6. The molecule has 0 atom stereocenters. The maximum absolute atomic E-state index is 12.3. The van der Waals surface area contributed by atoms with E-state index in [2.05, 4.69) is 28.2 Å². The van der Waals surface area contributed by atoms with E-state index in [1.807, 2.05) is 24.3 Å². The number of carbonyl (C=O) groups excluding carboxylic acids is 3. The molecule has 3 amide bonds.